The lowest BCUT2D eigenvalue weighted by atomic mass is 10.2. The molecule has 0 aliphatic carbocycles. The second kappa shape index (κ2) is 10.3. The van der Waals surface area contributed by atoms with Gasteiger partial charge in [0.05, 0.1) is 0 Å². The molecule has 0 spiro atoms. The molecule has 0 saturated carbocycles. The number of hydrogen-bond acceptors (Lipinski definition) is 2. The van der Waals surface area contributed by atoms with Crippen molar-refractivity contribution in [3.05, 3.63) is 35.4 Å². The lowest BCUT2D eigenvalue weighted by Crippen LogP contribution is -2.02. The number of benzene rings is 1. The van der Waals surface area contributed by atoms with Crippen molar-refractivity contribution in [3.63, 3.8) is 0 Å². The van der Waals surface area contributed by atoms with E-state index < -0.39 is 21.6 Å². The van der Waals surface area contributed by atoms with E-state index in [9.17, 15) is 8.42 Å². The van der Waals surface area contributed by atoms with E-state index in [2.05, 4.69) is 13.8 Å². The van der Waals surface area contributed by atoms with Crippen molar-refractivity contribution < 1.29 is 8.42 Å². The Morgan fingerprint density at radius 1 is 0.750 bits per heavy atom. The van der Waals surface area contributed by atoms with Crippen LogP contribution in [-0.4, -0.2) is 19.9 Å². The first-order valence-electron chi connectivity index (χ1n) is 7.43. The normalized spacial score (nSPS) is 14.1. The summed E-state index contributed by atoms with van der Waals surface area (Å²) >= 11 is 0. The molecule has 0 saturated heterocycles. The third-order valence-corrected chi connectivity index (χ3v) is 5.93. The second-order valence-electron chi connectivity index (χ2n) is 5.10. The van der Waals surface area contributed by atoms with Gasteiger partial charge >= 0.3 is 0 Å². The minimum absolute atomic E-state index is 0.638. The summed E-state index contributed by atoms with van der Waals surface area (Å²) in [6.45, 7) is 4.23. The zero-order valence-electron chi connectivity index (χ0n) is 12.6. The Hall–Kier alpha value is -0.480. The Kier molecular flexibility index (Phi) is 9.03. The van der Waals surface area contributed by atoms with Crippen molar-refractivity contribution in [3.8, 4) is 0 Å². The van der Waals surface area contributed by atoms with Crippen LogP contribution in [0.25, 0.3) is 0 Å². The first-order chi connectivity index (χ1) is 9.65. The largest absolute Gasteiger partial charge is 0.259 e. The highest BCUT2D eigenvalue weighted by Crippen LogP contribution is 2.10. The first kappa shape index (κ1) is 17.6. The minimum atomic E-state index is -0.753. The van der Waals surface area contributed by atoms with Gasteiger partial charge in [-0.25, -0.2) is 0 Å². The molecule has 0 aromatic heterocycles. The fraction of sp³-hybridized carbons (Fsp3) is 0.625. The van der Waals surface area contributed by atoms with Crippen LogP contribution in [0.15, 0.2) is 24.3 Å². The van der Waals surface area contributed by atoms with E-state index in [-0.39, 0.29) is 0 Å². The fourth-order valence-corrected chi connectivity index (χ4v) is 4.50. The molecular weight excluding hydrogens is 288 g/mol. The zero-order chi connectivity index (χ0) is 14.8. The maximum Gasteiger partial charge on any atom is 0.0485 e. The molecule has 114 valence electrons. The highest BCUT2D eigenvalue weighted by atomic mass is 32.2. The van der Waals surface area contributed by atoms with E-state index in [0.29, 0.717) is 11.5 Å². The van der Waals surface area contributed by atoms with Crippen LogP contribution in [0.5, 0.6) is 0 Å². The van der Waals surface area contributed by atoms with E-state index in [4.69, 9.17) is 0 Å². The predicted octanol–water partition coefficient (Wildman–Crippen LogP) is 3.78. The highest BCUT2D eigenvalue weighted by molar-refractivity contribution is 7.84. The molecule has 1 aromatic rings. The Morgan fingerprint density at radius 2 is 1.10 bits per heavy atom. The van der Waals surface area contributed by atoms with Gasteiger partial charge in [0.15, 0.2) is 0 Å². The van der Waals surface area contributed by atoms with Crippen molar-refractivity contribution >= 4 is 21.6 Å². The quantitative estimate of drug-likeness (QED) is 0.658. The monoisotopic (exact) mass is 314 g/mol. The van der Waals surface area contributed by atoms with E-state index in [1.807, 2.05) is 24.3 Å². The molecule has 0 N–H and O–H groups in total. The van der Waals surface area contributed by atoms with Crippen molar-refractivity contribution in [2.45, 2.75) is 51.0 Å². The van der Waals surface area contributed by atoms with Gasteiger partial charge in [-0.05, 0) is 24.0 Å². The molecule has 20 heavy (non-hydrogen) atoms. The molecule has 0 aliphatic heterocycles. The Bertz CT molecular complexity index is 386. The minimum Gasteiger partial charge on any atom is -0.259 e. The van der Waals surface area contributed by atoms with Gasteiger partial charge in [0.25, 0.3) is 0 Å². The van der Waals surface area contributed by atoms with Crippen LogP contribution in [0, 0.1) is 0 Å². The molecular formula is C16H26O2S2. The fourth-order valence-electron chi connectivity index (χ4n) is 1.86. The third-order valence-electron chi connectivity index (χ3n) is 3.13. The van der Waals surface area contributed by atoms with E-state index in [1.54, 1.807) is 0 Å². The summed E-state index contributed by atoms with van der Waals surface area (Å²) in [7, 11) is -1.51. The molecule has 2 nitrogen and oxygen atoms in total. The molecule has 0 amide bonds. The smallest absolute Gasteiger partial charge is 0.0485 e. The zero-order valence-corrected chi connectivity index (χ0v) is 14.2. The van der Waals surface area contributed by atoms with Gasteiger partial charge < -0.3 is 0 Å². The summed E-state index contributed by atoms with van der Waals surface area (Å²) in [6, 6.07) is 8.10. The number of unbranched alkanes of at least 4 members (excludes halogenated alkanes) is 2. The molecule has 0 radical (unpaired) electrons. The van der Waals surface area contributed by atoms with Crippen LogP contribution in [0.3, 0.4) is 0 Å². The lowest BCUT2D eigenvalue weighted by Gasteiger charge is -2.05. The molecule has 0 aliphatic rings. The SMILES string of the molecule is CCCCS(=O)Cc1ccc(CS(=O)CCCC)cc1. The van der Waals surface area contributed by atoms with Crippen LogP contribution in [0.2, 0.25) is 0 Å². The van der Waals surface area contributed by atoms with Crippen LogP contribution < -0.4 is 0 Å². The maximum atomic E-state index is 11.8. The molecule has 2 unspecified atom stereocenters. The average Bonchev–Trinajstić information content (AvgIpc) is 2.45. The second-order valence-corrected chi connectivity index (χ2v) is 8.25. The molecule has 2 atom stereocenters. The van der Waals surface area contributed by atoms with E-state index in [1.165, 1.54) is 0 Å². The van der Waals surface area contributed by atoms with Gasteiger partial charge in [0, 0.05) is 44.6 Å². The molecule has 0 bridgehead atoms. The molecule has 1 rings (SSSR count). The third kappa shape index (κ3) is 7.34. The standard InChI is InChI=1S/C16H26O2S2/c1-3-5-11-19(17)13-15-7-9-16(10-8-15)14-20(18)12-6-4-2/h7-10H,3-6,11-14H2,1-2H3. The Morgan fingerprint density at radius 3 is 1.40 bits per heavy atom. The van der Waals surface area contributed by atoms with Crippen LogP contribution in [-0.2, 0) is 33.1 Å². The lowest BCUT2D eigenvalue weighted by molar-refractivity contribution is 0.678. The van der Waals surface area contributed by atoms with Crippen LogP contribution in [0.4, 0.5) is 0 Å². The number of hydrogen-bond donors (Lipinski definition) is 0. The first-order valence-corrected chi connectivity index (χ1v) is 10.4. The van der Waals surface area contributed by atoms with Crippen molar-refractivity contribution in [1.82, 2.24) is 0 Å². The van der Waals surface area contributed by atoms with Gasteiger partial charge in [0.2, 0.25) is 0 Å². The summed E-state index contributed by atoms with van der Waals surface area (Å²) in [5.41, 5.74) is 2.23. The Balaban J connectivity index is 2.43. The molecule has 4 heteroatoms. The molecule has 1 aromatic carbocycles. The van der Waals surface area contributed by atoms with Gasteiger partial charge in [0.1, 0.15) is 0 Å². The predicted molar refractivity (Wildman–Crippen MR) is 89.7 cm³/mol. The summed E-state index contributed by atoms with van der Waals surface area (Å²) in [6.07, 6.45) is 4.24. The molecule has 0 heterocycles. The summed E-state index contributed by atoms with van der Waals surface area (Å²) in [4.78, 5) is 0. The van der Waals surface area contributed by atoms with Crippen molar-refractivity contribution in [1.29, 1.82) is 0 Å². The van der Waals surface area contributed by atoms with Crippen LogP contribution >= 0.6 is 0 Å². The van der Waals surface area contributed by atoms with Gasteiger partial charge in [-0.15, -0.1) is 0 Å². The topological polar surface area (TPSA) is 34.1 Å². The molecule has 0 fully saturated rings. The van der Waals surface area contributed by atoms with Gasteiger partial charge in [-0.3, -0.25) is 8.42 Å². The van der Waals surface area contributed by atoms with E-state index >= 15 is 0 Å². The summed E-state index contributed by atoms with van der Waals surface area (Å²) in [5, 5.41) is 0. The maximum absolute atomic E-state index is 11.8. The Labute approximate surface area is 128 Å². The summed E-state index contributed by atoms with van der Waals surface area (Å²) < 4.78 is 23.6. The average molecular weight is 315 g/mol. The highest BCUT2D eigenvalue weighted by Gasteiger charge is 2.04. The van der Waals surface area contributed by atoms with Gasteiger partial charge in [-0.2, -0.15) is 0 Å². The van der Waals surface area contributed by atoms with Crippen molar-refractivity contribution in [2.75, 3.05) is 11.5 Å². The summed E-state index contributed by atoms with van der Waals surface area (Å²) in [5.74, 6) is 2.86. The number of rotatable bonds is 10. The van der Waals surface area contributed by atoms with Crippen molar-refractivity contribution in [2.24, 2.45) is 0 Å². The van der Waals surface area contributed by atoms with Gasteiger partial charge in [-0.1, -0.05) is 51.0 Å². The van der Waals surface area contributed by atoms with E-state index in [0.717, 1.165) is 48.3 Å². The van der Waals surface area contributed by atoms with Crippen LogP contribution in [0.1, 0.15) is 50.7 Å².